The van der Waals surface area contributed by atoms with E-state index >= 15 is 0 Å². The van der Waals surface area contributed by atoms with Gasteiger partial charge in [0.15, 0.2) is 0 Å². The fraction of sp³-hybridized carbons (Fsp3) is 0.731. The number of hydrogen-bond acceptors (Lipinski definition) is 5. The van der Waals surface area contributed by atoms with Crippen LogP contribution in [0.3, 0.4) is 0 Å². The highest BCUT2D eigenvalue weighted by molar-refractivity contribution is 5.94. The first-order valence-corrected chi connectivity index (χ1v) is 12.3. The van der Waals surface area contributed by atoms with Gasteiger partial charge < -0.3 is 19.1 Å². The molecule has 1 spiro atoms. The van der Waals surface area contributed by atoms with Gasteiger partial charge in [0.1, 0.15) is 5.75 Å². The zero-order chi connectivity index (χ0) is 23.1. The zero-order valence-corrected chi connectivity index (χ0v) is 20.7. The van der Waals surface area contributed by atoms with E-state index in [1.165, 1.54) is 19.3 Å². The molecule has 1 aromatic carbocycles. The third kappa shape index (κ3) is 6.46. The second kappa shape index (κ2) is 11.5. The lowest BCUT2D eigenvalue weighted by molar-refractivity contribution is -0.185. The Morgan fingerprint density at radius 1 is 1.25 bits per heavy atom. The molecule has 0 radical (unpaired) electrons. The Hall–Kier alpha value is -1.63. The number of ether oxygens (including phenoxy) is 3. The van der Waals surface area contributed by atoms with Crippen molar-refractivity contribution in [2.24, 2.45) is 0 Å². The molecule has 2 fully saturated rings. The number of methoxy groups -OCH3 is 1. The van der Waals surface area contributed by atoms with Crippen molar-refractivity contribution in [2.75, 3.05) is 46.4 Å². The standard InChI is InChI=1S/C26H42N2O4/c1-6-7-8-13-27-17-23(18-30-5)32-26(19-27)11-14-28(15-12-26)25(29)22-9-10-24(21(4)16-22)31-20(2)3/h9-10,16,20,23H,6-8,11-15,17-19H2,1-5H3. The summed E-state index contributed by atoms with van der Waals surface area (Å²) in [5.41, 5.74) is 1.56. The SMILES string of the molecule is CCCCCN1CC(COC)OC2(CCN(C(=O)c3ccc(OC(C)C)c(C)c3)CC2)C1. The first-order valence-electron chi connectivity index (χ1n) is 12.3. The smallest absolute Gasteiger partial charge is 0.253 e. The van der Waals surface area contributed by atoms with Crippen LogP contribution in [0, 0.1) is 6.92 Å². The van der Waals surface area contributed by atoms with Crippen molar-refractivity contribution in [1.29, 1.82) is 0 Å². The molecule has 2 aliphatic heterocycles. The summed E-state index contributed by atoms with van der Waals surface area (Å²) in [7, 11) is 1.74. The maximum Gasteiger partial charge on any atom is 0.253 e. The third-order valence-electron chi connectivity index (χ3n) is 6.57. The van der Waals surface area contributed by atoms with Gasteiger partial charge in [-0.25, -0.2) is 0 Å². The molecule has 6 nitrogen and oxygen atoms in total. The lowest BCUT2D eigenvalue weighted by Crippen LogP contribution is -2.60. The molecule has 1 amide bonds. The Labute approximate surface area is 194 Å². The van der Waals surface area contributed by atoms with Gasteiger partial charge in [0.05, 0.1) is 24.4 Å². The van der Waals surface area contributed by atoms with Crippen molar-refractivity contribution in [1.82, 2.24) is 9.80 Å². The van der Waals surface area contributed by atoms with E-state index in [4.69, 9.17) is 14.2 Å². The van der Waals surface area contributed by atoms with Gasteiger partial charge in [0.2, 0.25) is 0 Å². The highest BCUT2D eigenvalue weighted by Gasteiger charge is 2.43. The molecule has 0 bridgehead atoms. The Balaban J connectivity index is 1.62. The minimum Gasteiger partial charge on any atom is -0.491 e. The van der Waals surface area contributed by atoms with Gasteiger partial charge in [0.25, 0.3) is 5.91 Å². The van der Waals surface area contributed by atoms with E-state index in [-0.39, 0.29) is 23.7 Å². The first-order chi connectivity index (χ1) is 15.4. The molecule has 6 heteroatoms. The fourth-order valence-electron chi connectivity index (χ4n) is 4.96. The van der Waals surface area contributed by atoms with Crippen molar-refractivity contribution in [2.45, 2.75) is 77.6 Å². The van der Waals surface area contributed by atoms with Gasteiger partial charge in [-0.3, -0.25) is 9.69 Å². The predicted octanol–water partition coefficient (Wildman–Crippen LogP) is 4.29. The second-order valence-electron chi connectivity index (χ2n) is 9.76. The van der Waals surface area contributed by atoms with Crippen LogP contribution in [-0.2, 0) is 9.47 Å². The number of hydrogen-bond donors (Lipinski definition) is 0. The van der Waals surface area contributed by atoms with E-state index in [9.17, 15) is 4.79 Å². The van der Waals surface area contributed by atoms with Gasteiger partial charge in [-0.15, -0.1) is 0 Å². The number of carbonyl (C=O) groups is 1. The Kier molecular flexibility index (Phi) is 8.97. The number of likely N-dealkylation sites (tertiary alicyclic amines) is 1. The van der Waals surface area contributed by atoms with Crippen molar-refractivity contribution in [3.05, 3.63) is 29.3 Å². The Morgan fingerprint density at radius 2 is 2.00 bits per heavy atom. The van der Waals surface area contributed by atoms with Crippen LogP contribution in [0.4, 0.5) is 0 Å². The molecular formula is C26H42N2O4. The summed E-state index contributed by atoms with van der Waals surface area (Å²) in [6.45, 7) is 13.4. The second-order valence-corrected chi connectivity index (χ2v) is 9.76. The van der Waals surface area contributed by atoms with Crippen LogP contribution in [0.5, 0.6) is 5.75 Å². The molecule has 1 aromatic rings. The molecule has 1 atom stereocenters. The van der Waals surface area contributed by atoms with Gasteiger partial charge in [0, 0.05) is 38.9 Å². The number of piperidine rings is 1. The highest BCUT2D eigenvalue weighted by Crippen LogP contribution is 2.33. The fourth-order valence-corrected chi connectivity index (χ4v) is 4.96. The summed E-state index contributed by atoms with van der Waals surface area (Å²) in [6, 6.07) is 5.76. The Bertz CT molecular complexity index is 743. The number of nitrogens with zero attached hydrogens (tertiary/aromatic N) is 2. The Morgan fingerprint density at radius 3 is 2.62 bits per heavy atom. The van der Waals surface area contributed by atoms with Crippen LogP contribution in [-0.4, -0.2) is 80.0 Å². The van der Waals surface area contributed by atoms with Crippen LogP contribution in [0.15, 0.2) is 18.2 Å². The number of amides is 1. The summed E-state index contributed by atoms with van der Waals surface area (Å²) < 4.78 is 17.8. The van der Waals surface area contributed by atoms with E-state index in [1.54, 1.807) is 7.11 Å². The average Bonchev–Trinajstić information content (AvgIpc) is 2.75. The highest BCUT2D eigenvalue weighted by atomic mass is 16.5. The molecule has 180 valence electrons. The van der Waals surface area contributed by atoms with Gasteiger partial charge in [-0.1, -0.05) is 19.8 Å². The van der Waals surface area contributed by atoms with Crippen molar-refractivity contribution >= 4 is 5.91 Å². The molecule has 0 saturated carbocycles. The molecule has 0 aromatic heterocycles. The van der Waals surface area contributed by atoms with E-state index in [0.717, 1.165) is 62.4 Å². The quantitative estimate of drug-likeness (QED) is 0.530. The number of rotatable bonds is 9. The van der Waals surface area contributed by atoms with Gasteiger partial charge in [-0.2, -0.15) is 0 Å². The van der Waals surface area contributed by atoms with E-state index < -0.39 is 0 Å². The summed E-state index contributed by atoms with van der Waals surface area (Å²) in [4.78, 5) is 17.7. The molecule has 0 aliphatic carbocycles. The lowest BCUT2D eigenvalue weighted by Gasteiger charge is -2.50. The maximum atomic E-state index is 13.2. The number of aryl methyl sites for hydroxylation is 1. The molecule has 3 rings (SSSR count). The zero-order valence-electron chi connectivity index (χ0n) is 20.7. The van der Waals surface area contributed by atoms with Crippen LogP contribution < -0.4 is 4.74 Å². The molecule has 2 aliphatic rings. The molecule has 0 N–H and O–H groups in total. The van der Waals surface area contributed by atoms with E-state index in [0.29, 0.717) is 6.61 Å². The van der Waals surface area contributed by atoms with Crippen LogP contribution in [0.1, 0.15) is 68.8 Å². The average molecular weight is 447 g/mol. The molecular weight excluding hydrogens is 404 g/mol. The predicted molar refractivity (Wildman–Crippen MR) is 128 cm³/mol. The van der Waals surface area contributed by atoms with Crippen molar-refractivity contribution in [3.8, 4) is 5.75 Å². The normalized spacial score (nSPS) is 21.3. The number of morpholine rings is 1. The van der Waals surface area contributed by atoms with Crippen LogP contribution >= 0.6 is 0 Å². The largest absolute Gasteiger partial charge is 0.491 e. The first kappa shape index (κ1) is 25.0. The third-order valence-corrected chi connectivity index (χ3v) is 6.57. The monoisotopic (exact) mass is 446 g/mol. The minimum absolute atomic E-state index is 0.100. The topological polar surface area (TPSA) is 51.2 Å². The molecule has 2 saturated heterocycles. The summed E-state index contributed by atoms with van der Waals surface area (Å²) in [6.07, 6.45) is 5.70. The van der Waals surface area contributed by atoms with Gasteiger partial charge in [-0.05, 0) is 70.3 Å². The van der Waals surface area contributed by atoms with Gasteiger partial charge >= 0.3 is 0 Å². The summed E-state index contributed by atoms with van der Waals surface area (Å²) in [5, 5.41) is 0. The van der Waals surface area contributed by atoms with Crippen molar-refractivity contribution in [3.63, 3.8) is 0 Å². The van der Waals surface area contributed by atoms with E-state index in [1.807, 2.05) is 43.9 Å². The number of carbonyl (C=O) groups excluding carboxylic acids is 1. The maximum absolute atomic E-state index is 13.2. The van der Waals surface area contributed by atoms with E-state index in [2.05, 4.69) is 11.8 Å². The minimum atomic E-state index is -0.171. The summed E-state index contributed by atoms with van der Waals surface area (Å²) >= 11 is 0. The number of benzene rings is 1. The van der Waals surface area contributed by atoms with Crippen LogP contribution in [0.2, 0.25) is 0 Å². The molecule has 2 heterocycles. The van der Waals surface area contributed by atoms with Crippen LogP contribution in [0.25, 0.3) is 0 Å². The molecule has 32 heavy (non-hydrogen) atoms. The number of unbranched alkanes of at least 4 members (excludes halogenated alkanes) is 2. The van der Waals surface area contributed by atoms with Crippen molar-refractivity contribution < 1.29 is 19.0 Å². The molecule has 1 unspecified atom stereocenters. The lowest BCUT2D eigenvalue weighted by atomic mass is 9.88. The summed E-state index contributed by atoms with van der Waals surface area (Å²) in [5.74, 6) is 0.945.